The van der Waals surface area contributed by atoms with Crippen molar-refractivity contribution in [1.82, 2.24) is 0 Å². The Hall–Kier alpha value is -3.14. The molecule has 0 atom stereocenters. The van der Waals surface area contributed by atoms with Crippen LogP contribution < -0.4 is 0 Å². The zero-order chi connectivity index (χ0) is 16.8. The Bertz CT molecular complexity index is 819. The second-order valence-electron chi connectivity index (χ2n) is 5.43. The van der Waals surface area contributed by atoms with E-state index in [1.165, 1.54) is 12.5 Å². The molecule has 0 aliphatic carbocycles. The van der Waals surface area contributed by atoms with Crippen LogP contribution in [0.25, 0.3) is 11.1 Å². The maximum Gasteiger partial charge on any atom is 0.207 e. The number of hydrogen-bond acceptors (Lipinski definition) is 3. The summed E-state index contributed by atoms with van der Waals surface area (Å²) in [6, 6.07) is 21.1. The molecule has 0 unspecified atom stereocenters. The van der Waals surface area contributed by atoms with E-state index in [0.29, 0.717) is 0 Å². The van der Waals surface area contributed by atoms with Crippen LogP contribution >= 0.6 is 0 Å². The molecule has 4 heteroatoms. The molecule has 2 aromatic carbocycles. The van der Waals surface area contributed by atoms with Crippen LogP contribution in [-0.2, 0) is 6.54 Å². The lowest BCUT2D eigenvalue weighted by Gasteiger charge is -2.06. The van der Waals surface area contributed by atoms with E-state index in [1.54, 1.807) is 12.1 Å². The second kappa shape index (κ2) is 7.42. The first-order valence-corrected chi connectivity index (χ1v) is 7.70. The van der Waals surface area contributed by atoms with Crippen LogP contribution in [0.3, 0.4) is 0 Å². The van der Waals surface area contributed by atoms with Crippen LogP contribution in [0.2, 0.25) is 0 Å². The molecule has 3 rings (SSSR count). The molecule has 0 aliphatic heterocycles. The van der Waals surface area contributed by atoms with Crippen molar-refractivity contribution >= 4 is 12.0 Å². The Morgan fingerprint density at radius 2 is 1.67 bits per heavy atom. The minimum atomic E-state index is -0.208. The summed E-state index contributed by atoms with van der Waals surface area (Å²) in [5.74, 6) is 0.0622. The van der Waals surface area contributed by atoms with Crippen LogP contribution in [-0.4, -0.2) is 16.7 Å². The van der Waals surface area contributed by atoms with Crippen molar-refractivity contribution in [2.24, 2.45) is 0 Å². The van der Waals surface area contributed by atoms with E-state index >= 15 is 0 Å². The normalized spacial score (nSPS) is 11.4. The van der Waals surface area contributed by atoms with Gasteiger partial charge in [-0.25, -0.2) is 4.74 Å². The molecule has 1 aromatic heterocycles. The van der Waals surface area contributed by atoms with E-state index in [2.05, 4.69) is 0 Å². The average molecular weight is 319 g/mol. The van der Waals surface area contributed by atoms with Crippen molar-refractivity contribution in [1.29, 1.82) is 0 Å². The zero-order valence-corrected chi connectivity index (χ0v) is 13.1. The molecule has 120 valence electrons. The number of carbonyl (C=O) groups is 1. The molecule has 4 nitrogen and oxygen atoms in total. The Morgan fingerprint density at radius 1 is 0.958 bits per heavy atom. The highest BCUT2D eigenvalue weighted by Gasteiger charge is 2.09. The first kappa shape index (κ1) is 15.7. The van der Waals surface area contributed by atoms with E-state index in [4.69, 9.17) is 4.42 Å². The number of ketones is 1. The first-order chi connectivity index (χ1) is 11.7. The largest absolute Gasteiger partial charge is 0.624 e. The second-order valence-corrected chi connectivity index (χ2v) is 5.43. The van der Waals surface area contributed by atoms with Crippen molar-refractivity contribution in [2.75, 3.05) is 0 Å². The minimum Gasteiger partial charge on any atom is -0.624 e. The van der Waals surface area contributed by atoms with Gasteiger partial charge >= 0.3 is 0 Å². The number of hydroxylamine groups is 1. The van der Waals surface area contributed by atoms with Gasteiger partial charge < -0.3 is 9.62 Å². The minimum absolute atomic E-state index is 0.0269. The summed E-state index contributed by atoms with van der Waals surface area (Å²) < 4.78 is 5.79. The van der Waals surface area contributed by atoms with Crippen molar-refractivity contribution in [3.63, 3.8) is 0 Å². The molecule has 3 aromatic rings. The fourth-order valence-corrected chi connectivity index (χ4v) is 2.40. The quantitative estimate of drug-likeness (QED) is 0.224. The first-order valence-electron chi connectivity index (χ1n) is 7.70. The summed E-state index contributed by atoms with van der Waals surface area (Å²) in [4.78, 5) is 11.8. The highest BCUT2D eigenvalue weighted by Crippen LogP contribution is 2.19. The van der Waals surface area contributed by atoms with E-state index < -0.39 is 0 Å². The predicted molar refractivity (Wildman–Crippen MR) is 92.9 cm³/mol. The number of hydrogen-bond donors (Lipinski definition) is 0. The van der Waals surface area contributed by atoms with Gasteiger partial charge in [-0.1, -0.05) is 54.6 Å². The van der Waals surface area contributed by atoms with Gasteiger partial charge in [-0.05, 0) is 23.3 Å². The third-order valence-electron chi connectivity index (χ3n) is 3.68. The molecule has 0 aliphatic rings. The summed E-state index contributed by atoms with van der Waals surface area (Å²) in [6.07, 6.45) is 2.81. The van der Waals surface area contributed by atoms with Crippen molar-refractivity contribution in [3.8, 4) is 11.1 Å². The Kier molecular flexibility index (Phi) is 4.87. The molecule has 0 spiro atoms. The van der Waals surface area contributed by atoms with Crippen molar-refractivity contribution in [2.45, 2.75) is 13.0 Å². The number of carbonyl (C=O) groups excluding carboxylic acids is 1. The topological polar surface area (TPSA) is 56.3 Å². The zero-order valence-electron chi connectivity index (χ0n) is 13.1. The number of rotatable bonds is 6. The number of Topliss-reactive ketones (excluding diaryl/α,β-unsaturated/α-hetero) is 1. The van der Waals surface area contributed by atoms with Crippen molar-refractivity contribution in [3.05, 3.63) is 89.5 Å². The molecule has 0 saturated carbocycles. The van der Waals surface area contributed by atoms with E-state index in [0.717, 1.165) is 21.4 Å². The monoisotopic (exact) mass is 319 g/mol. The fourth-order valence-electron chi connectivity index (χ4n) is 2.40. The average Bonchev–Trinajstić information content (AvgIpc) is 3.16. The maximum absolute atomic E-state index is 11.9. The van der Waals surface area contributed by atoms with E-state index in [-0.39, 0.29) is 24.5 Å². The van der Waals surface area contributed by atoms with Crippen LogP contribution in [0.5, 0.6) is 0 Å². The van der Waals surface area contributed by atoms with Gasteiger partial charge in [0, 0.05) is 5.56 Å². The molecule has 0 saturated heterocycles. The van der Waals surface area contributed by atoms with Gasteiger partial charge in [-0.15, -0.1) is 0 Å². The summed E-state index contributed by atoms with van der Waals surface area (Å²) in [7, 11) is 0. The van der Waals surface area contributed by atoms with Crippen LogP contribution in [0.1, 0.15) is 22.5 Å². The smallest absolute Gasteiger partial charge is 0.207 e. The molecule has 24 heavy (non-hydrogen) atoms. The van der Waals surface area contributed by atoms with Crippen LogP contribution in [0.4, 0.5) is 0 Å². The molecule has 1 heterocycles. The lowest BCUT2D eigenvalue weighted by molar-refractivity contribution is -0.470. The lowest BCUT2D eigenvalue weighted by atomic mass is 10.0. The Balaban J connectivity index is 1.61. The van der Waals surface area contributed by atoms with Gasteiger partial charge in [0.1, 0.15) is 0 Å². The molecule has 0 fully saturated rings. The lowest BCUT2D eigenvalue weighted by Crippen LogP contribution is -2.08. The number of furan rings is 1. The highest BCUT2D eigenvalue weighted by atomic mass is 16.5. The molecular weight excluding hydrogens is 302 g/mol. The highest BCUT2D eigenvalue weighted by molar-refractivity contribution is 6.00. The van der Waals surface area contributed by atoms with Crippen LogP contribution in [0, 0.1) is 5.21 Å². The van der Waals surface area contributed by atoms with Crippen molar-refractivity contribution < 1.29 is 14.0 Å². The molecule has 0 N–H and O–H groups in total. The third-order valence-corrected chi connectivity index (χ3v) is 3.68. The van der Waals surface area contributed by atoms with Gasteiger partial charge in [0.2, 0.25) is 5.78 Å². The van der Waals surface area contributed by atoms with E-state index in [1.807, 2.05) is 54.6 Å². The van der Waals surface area contributed by atoms with Gasteiger partial charge in [-0.3, -0.25) is 4.79 Å². The summed E-state index contributed by atoms with van der Waals surface area (Å²) in [5, 5.41) is 11.9. The standard InChI is InChI=1S/C20H17NO3/c22-19(20-7-4-14-24-20)12-13-21(23)15-16-8-10-18(11-9-16)17-5-2-1-3-6-17/h1-11,13-14H,12,15H2/b21-13-. The Labute approximate surface area is 140 Å². The van der Waals surface area contributed by atoms with Gasteiger partial charge in [0.15, 0.2) is 18.5 Å². The Morgan fingerprint density at radius 3 is 2.33 bits per heavy atom. The number of benzene rings is 2. The summed E-state index contributed by atoms with van der Waals surface area (Å²) in [5.41, 5.74) is 3.14. The molecule has 0 amide bonds. The summed E-state index contributed by atoms with van der Waals surface area (Å²) >= 11 is 0. The third kappa shape index (κ3) is 3.98. The van der Waals surface area contributed by atoms with Gasteiger partial charge in [0.25, 0.3) is 0 Å². The van der Waals surface area contributed by atoms with E-state index in [9.17, 15) is 10.0 Å². The predicted octanol–water partition coefficient (Wildman–Crippen LogP) is 4.30. The van der Waals surface area contributed by atoms with Gasteiger partial charge in [0.05, 0.1) is 12.7 Å². The SMILES string of the molecule is O=C(C/C=[N+](\[O-])Cc1ccc(-c2ccccc2)cc1)c1ccco1. The summed E-state index contributed by atoms with van der Waals surface area (Å²) in [6.45, 7) is 0.209. The molecule has 0 bridgehead atoms. The van der Waals surface area contributed by atoms with Crippen LogP contribution in [0.15, 0.2) is 77.4 Å². The maximum atomic E-state index is 11.9. The number of nitrogens with zero attached hydrogens (tertiary/aromatic N) is 1. The molecular formula is C20H17NO3. The fraction of sp³-hybridized carbons (Fsp3) is 0.100. The molecule has 0 radical (unpaired) electrons. The van der Waals surface area contributed by atoms with Gasteiger partial charge in [-0.2, -0.15) is 0 Å².